The lowest BCUT2D eigenvalue weighted by molar-refractivity contribution is -0.0587. The summed E-state index contributed by atoms with van der Waals surface area (Å²) in [6, 6.07) is 9.85. The van der Waals surface area contributed by atoms with Crippen molar-refractivity contribution in [3.05, 3.63) is 71.0 Å². The molecule has 4 rings (SSSR count). The van der Waals surface area contributed by atoms with Gasteiger partial charge in [-0.05, 0) is 24.3 Å². The number of pyridine rings is 1. The lowest BCUT2D eigenvalue weighted by Gasteiger charge is -2.11. The van der Waals surface area contributed by atoms with Crippen LogP contribution in [0.25, 0.3) is 10.6 Å². The predicted octanol–water partition coefficient (Wildman–Crippen LogP) is 2.57. The molecule has 3 aromatic rings. The van der Waals surface area contributed by atoms with Gasteiger partial charge in [-0.15, -0.1) is 11.3 Å². The van der Waals surface area contributed by atoms with Crippen LogP contribution < -0.4 is 0 Å². The fourth-order valence-electron chi connectivity index (χ4n) is 2.37. The Morgan fingerprint density at radius 2 is 1.76 bits per heavy atom. The van der Waals surface area contributed by atoms with Crippen molar-refractivity contribution in [1.82, 2.24) is 15.0 Å². The minimum absolute atomic E-state index is 0.0143. The lowest BCUT2D eigenvalue weighted by Crippen LogP contribution is -2.32. The normalized spacial score (nSPS) is 13.0. The van der Waals surface area contributed by atoms with Gasteiger partial charge in [-0.25, -0.2) is 9.78 Å². The van der Waals surface area contributed by atoms with E-state index in [0.717, 1.165) is 5.56 Å². The number of hydrogen-bond acceptors (Lipinski definition) is 7. The Morgan fingerprint density at radius 3 is 2.40 bits per heavy atom. The zero-order chi connectivity index (χ0) is 17.4. The molecule has 0 fully saturated rings. The summed E-state index contributed by atoms with van der Waals surface area (Å²) in [6.07, 6.45) is 3.26. The number of hydrogen-bond donors (Lipinski definition) is 0. The fourth-order valence-corrected chi connectivity index (χ4v) is 3.15. The van der Waals surface area contributed by atoms with Crippen LogP contribution in [-0.2, 0) is 4.84 Å². The molecular formula is C17H9N3O4S. The SMILES string of the molecule is O=C(ON1C(=O)c2ccccc2C1=O)c1csc(-c2cccnc2)n1. The summed E-state index contributed by atoms with van der Waals surface area (Å²) < 4.78 is 0. The molecular weight excluding hydrogens is 342 g/mol. The maximum absolute atomic E-state index is 12.2. The molecule has 0 radical (unpaired) electrons. The van der Waals surface area contributed by atoms with Crippen LogP contribution in [0.5, 0.6) is 0 Å². The van der Waals surface area contributed by atoms with E-state index in [0.29, 0.717) is 10.1 Å². The third-order valence-electron chi connectivity index (χ3n) is 3.55. The molecule has 0 bridgehead atoms. The molecule has 0 aliphatic carbocycles. The molecule has 25 heavy (non-hydrogen) atoms. The van der Waals surface area contributed by atoms with Gasteiger partial charge in [0.2, 0.25) is 0 Å². The summed E-state index contributed by atoms with van der Waals surface area (Å²) in [5.74, 6) is -2.21. The molecule has 122 valence electrons. The van der Waals surface area contributed by atoms with Crippen molar-refractivity contribution >= 4 is 29.1 Å². The van der Waals surface area contributed by atoms with Crippen molar-refractivity contribution < 1.29 is 19.2 Å². The van der Waals surface area contributed by atoms with Gasteiger partial charge in [0.25, 0.3) is 11.8 Å². The van der Waals surface area contributed by atoms with Gasteiger partial charge in [-0.3, -0.25) is 14.6 Å². The summed E-state index contributed by atoms with van der Waals surface area (Å²) in [5.41, 5.74) is 1.18. The zero-order valence-corrected chi connectivity index (χ0v) is 13.4. The van der Waals surface area contributed by atoms with Crippen LogP contribution >= 0.6 is 11.3 Å². The van der Waals surface area contributed by atoms with E-state index in [1.807, 2.05) is 6.07 Å². The number of carbonyl (C=O) groups excluding carboxylic acids is 3. The first-order chi connectivity index (χ1) is 12.1. The molecule has 0 spiro atoms. The van der Waals surface area contributed by atoms with Crippen molar-refractivity contribution in [3.63, 3.8) is 0 Å². The Kier molecular flexibility index (Phi) is 3.58. The molecule has 8 heteroatoms. The number of aromatic nitrogens is 2. The molecule has 0 N–H and O–H groups in total. The molecule has 0 atom stereocenters. The highest BCUT2D eigenvalue weighted by atomic mass is 32.1. The van der Waals surface area contributed by atoms with Crippen molar-refractivity contribution in [3.8, 4) is 10.6 Å². The topological polar surface area (TPSA) is 89.5 Å². The highest BCUT2D eigenvalue weighted by Crippen LogP contribution is 2.25. The van der Waals surface area contributed by atoms with Gasteiger partial charge in [-0.2, -0.15) is 0 Å². The van der Waals surface area contributed by atoms with Crippen molar-refractivity contribution in [2.24, 2.45) is 0 Å². The van der Waals surface area contributed by atoms with E-state index in [1.165, 1.54) is 28.8 Å². The van der Waals surface area contributed by atoms with E-state index in [4.69, 9.17) is 4.84 Å². The lowest BCUT2D eigenvalue weighted by atomic mass is 10.1. The second kappa shape index (κ2) is 5.91. The number of carbonyl (C=O) groups is 3. The maximum Gasteiger partial charge on any atom is 0.383 e. The second-order valence-electron chi connectivity index (χ2n) is 5.11. The van der Waals surface area contributed by atoms with Gasteiger partial charge in [0.15, 0.2) is 5.69 Å². The van der Waals surface area contributed by atoms with Gasteiger partial charge >= 0.3 is 5.97 Å². The van der Waals surface area contributed by atoms with Crippen LogP contribution in [0.2, 0.25) is 0 Å². The number of imide groups is 1. The number of hydroxylamine groups is 2. The zero-order valence-electron chi connectivity index (χ0n) is 12.6. The van der Waals surface area contributed by atoms with Crippen LogP contribution in [0.15, 0.2) is 54.2 Å². The van der Waals surface area contributed by atoms with Gasteiger partial charge in [-0.1, -0.05) is 17.2 Å². The summed E-state index contributed by atoms with van der Waals surface area (Å²) in [7, 11) is 0. The number of benzene rings is 1. The number of amides is 2. The summed E-state index contributed by atoms with van der Waals surface area (Å²) in [5, 5.41) is 2.56. The van der Waals surface area contributed by atoms with Gasteiger partial charge in [0.05, 0.1) is 11.1 Å². The highest BCUT2D eigenvalue weighted by Gasteiger charge is 2.39. The molecule has 7 nitrogen and oxygen atoms in total. The Balaban J connectivity index is 1.55. The average molecular weight is 351 g/mol. The van der Waals surface area contributed by atoms with Gasteiger partial charge in [0, 0.05) is 23.3 Å². The van der Waals surface area contributed by atoms with E-state index in [2.05, 4.69) is 9.97 Å². The first kappa shape index (κ1) is 15.2. The van der Waals surface area contributed by atoms with Gasteiger partial charge in [0.1, 0.15) is 5.01 Å². The summed E-state index contributed by atoms with van der Waals surface area (Å²) in [6.45, 7) is 0. The minimum Gasteiger partial charge on any atom is -0.322 e. The third kappa shape index (κ3) is 2.58. The molecule has 0 saturated carbocycles. The Morgan fingerprint density at radius 1 is 1.04 bits per heavy atom. The molecule has 1 aromatic carbocycles. The third-order valence-corrected chi connectivity index (χ3v) is 4.44. The number of thiazole rings is 1. The highest BCUT2D eigenvalue weighted by molar-refractivity contribution is 7.13. The fraction of sp³-hybridized carbons (Fsp3) is 0. The van der Waals surface area contributed by atoms with E-state index >= 15 is 0 Å². The molecule has 2 aromatic heterocycles. The average Bonchev–Trinajstić information content (AvgIpc) is 3.23. The second-order valence-corrected chi connectivity index (χ2v) is 5.97. The van der Waals surface area contributed by atoms with Crippen LogP contribution in [0.4, 0.5) is 0 Å². The smallest absolute Gasteiger partial charge is 0.322 e. The van der Waals surface area contributed by atoms with Crippen molar-refractivity contribution in [2.75, 3.05) is 0 Å². The molecule has 0 saturated heterocycles. The number of fused-ring (bicyclic) bond motifs is 1. The Bertz CT molecular complexity index is 965. The molecule has 0 unspecified atom stereocenters. The summed E-state index contributed by atoms with van der Waals surface area (Å²) >= 11 is 1.24. The van der Waals surface area contributed by atoms with E-state index in [1.54, 1.807) is 30.6 Å². The molecule has 3 heterocycles. The largest absolute Gasteiger partial charge is 0.383 e. The standard InChI is InChI=1S/C17H9N3O4S/c21-15-11-5-1-2-6-12(11)16(22)20(15)24-17(23)13-9-25-14(19-13)10-4-3-7-18-8-10/h1-9H. The number of rotatable bonds is 3. The van der Waals surface area contributed by atoms with E-state index in [-0.39, 0.29) is 16.8 Å². The Labute approximate surface area is 145 Å². The molecule has 1 aliphatic heterocycles. The Hall–Kier alpha value is -3.39. The van der Waals surface area contributed by atoms with E-state index in [9.17, 15) is 14.4 Å². The quantitative estimate of drug-likeness (QED) is 0.674. The van der Waals surface area contributed by atoms with E-state index < -0.39 is 17.8 Å². The van der Waals surface area contributed by atoms with Crippen LogP contribution in [0, 0.1) is 0 Å². The van der Waals surface area contributed by atoms with Crippen LogP contribution in [0.3, 0.4) is 0 Å². The van der Waals surface area contributed by atoms with Gasteiger partial charge < -0.3 is 4.84 Å². The van der Waals surface area contributed by atoms with Crippen molar-refractivity contribution in [2.45, 2.75) is 0 Å². The first-order valence-electron chi connectivity index (χ1n) is 7.21. The van der Waals surface area contributed by atoms with Crippen LogP contribution in [0.1, 0.15) is 31.2 Å². The summed E-state index contributed by atoms with van der Waals surface area (Å²) in [4.78, 5) is 49.8. The predicted molar refractivity (Wildman–Crippen MR) is 87.7 cm³/mol. The number of nitrogens with zero attached hydrogens (tertiary/aromatic N) is 3. The minimum atomic E-state index is -0.874. The molecule has 1 aliphatic rings. The first-order valence-corrected chi connectivity index (χ1v) is 8.09. The maximum atomic E-state index is 12.2. The van der Waals surface area contributed by atoms with Crippen LogP contribution in [-0.4, -0.2) is 32.8 Å². The monoisotopic (exact) mass is 351 g/mol. The molecule has 2 amide bonds. The van der Waals surface area contributed by atoms with Crippen molar-refractivity contribution in [1.29, 1.82) is 0 Å².